The van der Waals surface area contributed by atoms with Crippen LogP contribution in [0.5, 0.6) is 5.75 Å². The Morgan fingerprint density at radius 3 is 2.65 bits per heavy atom. The summed E-state index contributed by atoms with van der Waals surface area (Å²) in [6.07, 6.45) is 2.96. The summed E-state index contributed by atoms with van der Waals surface area (Å²) < 4.78 is 34.9. The van der Waals surface area contributed by atoms with Gasteiger partial charge in [0.05, 0.1) is 9.82 Å². The Kier molecular flexibility index (Phi) is 8.59. The van der Waals surface area contributed by atoms with Crippen molar-refractivity contribution in [3.8, 4) is 5.75 Å². The van der Waals surface area contributed by atoms with E-state index in [-0.39, 0.29) is 17.0 Å². The van der Waals surface area contributed by atoms with Gasteiger partial charge in [0.15, 0.2) is 9.84 Å². The molecular formula is C23H29N3O7S. The number of rotatable bonds is 10. The van der Waals surface area contributed by atoms with Crippen LogP contribution in [0.4, 0.5) is 5.69 Å². The second-order valence-electron chi connectivity index (χ2n) is 8.25. The molecule has 1 saturated heterocycles. The van der Waals surface area contributed by atoms with Crippen LogP contribution in [0, 0.1) is 10.1 Å². The molecule has 1 amide bonds. The minimum atomic E-state index is -3.72. The molecule has 2 aromatic rings. The number of carbonyl (C=O) groups is 1. The molecule has 0 bridgehead atoms. The second kappa shape index (κ2) is 11.4. The van der Waals surface area contributed by atoms with Gasteiger partial charge in [-0.05, 0) is 43.7 Å². The van der Waals surface area contributed by atoms with Crippen molar-refractivity contribution in [1.82, 2.24) is 10.2 Å². The first-order valence-electron chi connectivity index (χ1n) is 10.9. The first-order chi connectivity index (χ1) is 16.1. The molecule has 11 heteroatoms. The number of nitro benzene ring substituents is 1. The molecule has 0 unspecified atom stereocenters. The van der Waals surface area contributed by atoms with Crippen molar-refractivity contribution in [1.29, 1.82) is 0 Å². The van der Waals surface area contributed by atoms with Crippen molar-refractivity contribution in [2.45, 2.75) is 30.3 Å². The number of hydrogen-bond acceptors (Lipinski definition) is 8. The third kappa shape index (κ3) is 7.24. The molecule has 0 radical (unpaired) electrons. The molecule has 2 aromatic carbocycles. The van der Waals surface area contributed by atoms with E-state index in [9.17, 15) is 23.3 Å². The quantitative estimate of drug-likeness (QED) is 0.396. The van der Waals surface area contributed by atoms with Crippen LogP contribution in [-0.4, -0.2) is 69.9 Å². The molecular weight excluding hydrogens is 462 g/mol. The standard InChI is InChI=1S/C23H29N3O7S/c1-25(19-6-9-32-10-7-19)8-11-33-21-5-3-4-17(12-21)16-24-23(27)18-13-20(26(28)29)15-22(14-18)34(2,30)31/h3-5,12-15,19H,6-11,16H2,1-2H3,(H,24,27). The molecule has 3 rings (SSSR count). The van der Waals surface area contributed by atoms with Crippen molar-refractivity contribution in [3.05, 3.63) is 63.7 Å². The molecule has 1 heterocycles. The van der Waals surface area contributed by atoms with Crippen LogP contribution >= 0.6 is 0 Å². The highest BCUT2D eigenvalue weighted by Crippen LogP contribution is 2.21. The Balaban J connectivity index is 1.57. The van der Waals surface area contributed by atoms with Crippen molar-refractivity contribution in [2.24, 2.45) is 0 Å². The second-order valence-corrected chi connectivity index (χ2v) is 10.3. The van der Waals surface area contributed by atoms with E-state index < -0.39 is 26.4 Å². The number of carbonyl (C=O) groups excluding carboxylic acids is 1. The van der Waals surface area contributed by atoms with E-state index in [0.29, 0.717) is 18.4 Å². The Bertz CT molecular complexity index is 1130. The molecule has 184 valence electrons. The number of nitro groups is 1. The van der Waals surface area contributed by atoms with Gasteiger partial charge in [-0.25, -0.2) is 8.42 Å². The number of amides is 1. The van der Waals surface area contributed by atoms with Crippen molar-refractivity contribution in [2.75, 3.05) is 39.7 Å². The summed E-state index contributed by atoms with van der Waals surface area (Å²) in [5.74, 6) is 0.0554. The van der Waals surface area contributed by atoms with E-state index in [4.69, 9.17) is 9.47 Å². The van der Waals surface area contributed by atoms with Gasteiger partial charge < -0.3 is 14.8 Å². The van der Waals surface area contributed by atoms with E-state index in [1.54, 1.807) is 0 Å². The molecule has 0 aromatic heterocycles. The Labute approximate surface area is 198 Å². The average Bonchev–Trinajstić information content (AvgIpc) is 2.82. The molecule has 1 N–H and O–H groups in total. The number of ether oxygens (including phenoxy) is 2. The fourth-order valence-electron chi connectivity index (χ4n) is 3.68. The minimum Gasteiger partial charge on any atom is -0.492 e. The Morgan fingerprint density at radius 1 is 1.24 bits per heavy atom. The molecule has 0 spiro atoms. The topological polar surface area (TPSA) is 128 Å². The lowest BCUT2D eigenvalue weighted by atomic mass is 10.1. The van der Waals surface area contributed by atoms with Crippen molar-refractivity contribution >= 4 is 21.4 Å². The first kappa shape index (κ1) is 25.6. The lowest BCUT2D eigenvalue weighted by Gasteiger charge is -2.31. The van der Waals surface area contributed by atoms with E-state index in [0.717, 1.165) is 62.6 Å². The zero-order chi connectivity index (χ0) is 24.7. The number of benzene rings is 2. The molecule has 1 fully saturated rings. The molecule has 1 aliphatic heterocycles. The summed E-state index contributed by atoms with van der Waals surface area (Å²) in [5, 5.41) is 13.8. The fraction of sp³-hybridized carbons (Fsp3) is 0.435. The third-order valence-corrected chi connectivity index (χ3v) is 6.76. The maximum atomic E-state index is 12.6. The molecule has 34 heavy (non-hydrogen) atoms. The highest BCUT2D eigenvalue weighted by Gasteiger charge is 2.20. The van der Waals surface area contributed by atoms with E-state index in [1.165, 1.54) is 0 Å². The first-order valence-corrected chi connectivity index (χ1v) is 12.8. The molecule has 0 aliphatic carbocycles. The van der Waals surface area contributed by atoms with Gasteiger partial charge >= 0.3 is 0 Å². The molecule has 0 saturated carbocycles. The average molecular weight is 492 g/mol. The lowest BCUT2D eigenvalue weighted by Crippen LogP contribution is -2.38. The number of likely N-dealkylation sites (N-methyl/N-ethyl adjacent to an activating group) is 1. The van der Waals surface area contributed by atoms with Gasteiger partial charge in [-0.2, -0.15) is 0 Å². The number of nitrogens with zero attached hydrogens (tertiary/aromatic N) is 2. The molecule has 10 nitrogen and oxygen atoms in total. The van der Waals surface area contributed by atoms with Crippen molar-refractivity contribution in [3.63, 3.8) is 0 Å². The SMILES string of the molecule is CN(CCOc1cccc(CNC(=O)c2cc([N+](=O)[O-])cc(S(C)(=O)=O)c2)c1)C1CCOCC1. The fourth-order valence-corrected chi connectivity index (χ4v) is 4.36. The molecule has 1 aliphatic rings. The highest BCUT2D eigenvalue weighted by molar-refractivity contribution is 7.90. The summed E-state index contributed by atoms with van der Waals surface area (Å²) in [4.78, 5) is 25.0. The summed E-state index contributed by atoms with van der Waals surface area (Å²) in [6.45, 7) is 3.02. The normalized spacial score (nSPS) is 14.7. The van der Waals surface area contributed by atoms with Crippen molar-refractivity contribution < 1.29 is 27.6 Å². The monoisotopic (exact) mass is 491 g/mol. The van der Waals surface area contributed by atoms with Crippen LogP contribution < -0.4 is 10.1 Å². The van der Waals surface area contributed by atoms with E-state index >= 15 is 0 Å². The maximum absolute atomic E-state index is 12.6. The van der Waals surface area contributed by atoms with Crippen LogP contribution in [0.1, 0.15) is 28.8 Å². The van der Waals surface area contributed by atoms with Gasteiger partial charge in [-0.15, -0.1) is 0 Å². The predicted molar refractivity (Wildman–Crippen MR) is 126 cm³/mol. The number of nitrogens with one attached hydrogen (secondary N) is 1. The number of sulfone groups is 1. The van der Waals surface area contributed by atoms with Crippen LogP contribution in [-0.2, 0) is 21.1 Å². The predicted octanol–water partition coefficient (Wildman–Crippen LogP) is 2.42. The van der Waals surface area contributed by atoms with Crippen LogP contribution in [0.3, 0.4) is 0 Å². The van der Waals surface area contributed by atoms with Crippen LogP contribution in [0.25, 0.3) is 0 Å². The zero-order valence-electron chi connectivity index (χ0n) is 19.2. The number of non-ortho nitro benzene ring substituents is 1. The van der Waals surface area contributed by atoms with Crippen LogP contribution in [0.15, 0.2) is 47.4 Å². The van der Waals surface area contributed by atoms with Gasteiger partial charge in [0, 0.05) is 56.3 Å². The summed E-state index contributed by atoms with van der Waals surface area (Å²) in [6, 6.07) is 10.9. The largest absolute Gasteiger partial charge is 0.492 e. The van der Waals surface area contributed by atoms with E-state index in [2.05, 4.69) is 17.3 Å². The number of hydrogen-bond donors (Lipinski definition) is 1. The summed E-state index contributed by atoms with van der Waals surface area (Å²) in [7, 11) is -1.64. The maximum Gasteiger partial charge on any atom is 0.271 e. The highest BCUT2D eigenvalue weighted by atomic mass is 32.2. The smallest absolute Gasteiger partial charge is 0.271 e. The summed E-state index contributed by atoms with van der Waals surface area (Å²) >= 11 is 0. The Hall–Kier alpha value is -3.02. The molecule has 0 atom stereocenters. The third-order valence-electron chi connectivity index (χ3n) is 5.67. The zero-order valence-corrected chi connectivity index (χ0v) is 20.0. The summed E-state index contributed by atoms with van der Waals surface area (Å²) in [5.41, 5.74) is 0.213. The minimum absolute atomic E-state index is 0.0989. The van der Waals surface area contributed by atoms with Gasteiger partial charge in [-0.1, -0.05) is 12.1 Å². The lowest BCUT2D eigenvalue weighted by molar-refractivity contribution is -0.385. The van der Waals surface area contributed by atoms with Gasteiger partial charge in [-0.3, -0.25) is 19.8 Å². The Morgan fingerprint density at radius 2 is 1.97 bits per heavy atom. The van der Waals surface area contributed by atoms with Gasteiger partial charge in [0.2, 0.25) is 0 Å². The van der Waals surface area contributed by atoms with Crippen LogP contribution in [0.2, 0.25) is 0 Å². The van der Waals surface area contributed by atoms with Gasteiger partial charge in [0.25, 0.3) is 11.6 Å². The van der Waals surface area contributed by atoms with Gasteiger partial charge in [0.1, 0.15) is 12.4 Å². The van der Waals surface area contributed by atoms with E-state index in [1.807, 2.05) is 24.3 Å².